The van der Waals surface area contributed by atoms with E-state index in [0.29, 0.717) is 54.8 Å². The van der Waals surface area contributed by atoms with E-state index in [4.69, 9.17) is 23.8 Å². The first-order valence-corrected chi connectivity index (χ1v) is 11.5. The van der Waals surface area contributed by atoms with Crippen LogP contribution in [0.2, 0.25) is 5.02 Å². The van der Waals surface area contributed by atoms with Gasteiger partial charge in [0.05, 0.1) is 11.4 Å². The molecule has 0 spiro atoms. The molecule has 2 aromatic rings. The highest BCUT2D eigenvalue weighted by atomic mass is 35.5. The maximum atomic E-state index is 12.5. The molecule has 6 nitrogen and oxygen atoms in total. The van der Waals surface area contributed by atoms with E-state index in [-0.39, 0.29) is 16.9 Å². The highest BCUT2D eigenvalue weighted by Gasteiger charge is 2.23. The molecule has 0 radical (unpaired) electrons. The number of hydrogen-bond acceptors (Lipinski definition) is 4. The third-order valence-electron chi connectivity index (χ3n) is 5.30. The number of carbonyl (C=O) groups is 2. The number of rotatable bonds is 5. The molecular formula is C24H29ClN4O2S. The number of carbonyl (C=O) groups excluding carboxylic acids is 2. The highest BCUT2D eigenvalue weighted by Crippen LogP contribution is 2.30. The van der Waals surface area contributed by atoms with Crippen molar-refractivity contribution in [3.63, 3.8) is 0 Å². The van der Waals surface area contributed by atoms with E-state index in [0.717, 1.165) is 11.3 Å². The molecule has 2 N–H and O–H groups in total. The van der Waals surface area contributed by atoms with Crippen molar-refractivity contribution in [3.8, 4) is 0 Å². The number of hydrogen-bond donors (Lipinski definition) is 2. The van der Waals surface area contributed by atoms with Crippen LogP contribution in [0.25, 0.3) is 0 Å². The number of benzene rings is 2. The zero-order valence-electron chi connectivity index (χ0n) is 18.7. The summed E-state index contributed by atoms with van der Waals surface area (Å²) in [6.07, 6.45) is 0.572. The molecule has 2 aromatic carbocycles. The van der Waals surface area contributed by atoms with Crippen molar-refractivity contribution in [2.45, 2.75) is 27.2 Å². The molecule has 32 heavy (non-hydrogen) atoms. The summed E-state index contributed by atoms with van der Waals surface area (Å²) in [5.41, 5.74) is 3.26. The standard InChI is InChI=1S/C24H29ClN4O2S/c1-16(2)14-22(30)29-12-10-28(11-13-29)21-9-8-19(25)15-20(21)26-24(32)27-23(31)18-6-4-17(3)5-7-18/h4-9,15-16H,10-14H2,1-3H3,(H2,26,27,31,32). The molecule has 0 unspecified atom stereocenters. The Bertz CT molecular complexity index is 986. The van der Waals surface area contributed by atoms with E-state index in [2.05, 4.69) is 29.4 Å². The summed E-state index contributed by atoms with van der Waals surface area (Å²) in [6.45, 7) is 8.84. The van der Waals surface area contributed by atoms with Crippen molar-refractivity contribution in [1.82, 2.24) is 10.2 Å². The van der Waals surface area contributed by atoms with Crippen molar-refractivity contribution in [1.29, 1.82) is 0 Å². The molecule has 1 aliphatic heterocycles. The Kier molecular flexibility index (Phi) is 8.10. The Balaban J connectivity index is 1.65. The van der Waals surface area contributed by atoms with Crippen LogP contribution in [0.15, 0.2) is 42.5 Å². The highest BCUT2D eigenvalue weighted by molar-refractivity contribution is 7.80. The number of amides is 2. The Morgan fingerprint density at radius 3 is 2.34 bits per heavy atom. The van der Waals surface area contributed by atoms with E-state index in [1.807, 2.05) is 36.1 Å². The number of nitrogens with zero attached hydrogens (tertiary/aromatic N) is 2. The van der Waals surface area contributed by atoms with Gasteiger partial charge in [0.25, 0.3) is 5.91 Å². The summed E-state index contributed by atoms with van der Waals surface area (Å²) >= 11 is 11.6. The predicted octanol–water partition coefficient (Wildman–Crippen LogP) is 4.47. The number of piperazine rings is 1. The lowest BCUT2D eigenvalue weighted by molar-refractivity contribution is -0.132. The average Bonchev–Trinajstić information content (AvgIpc) is 2.74. The number of halogens is 1. The van der Waals surface area contributed by atoms with Gasteiger partial charge in [-0.15, -0.1) is 0 Å². The smallest absolute Gasteiger partial charge is 0.257 e. The molecule has 1 fully saturated rings. The molecular weight excluding hydrogens is 444 g/mol. The SMILES string of the molecule is Cc1ccc(C(=O)NC(=S)Nc2cc(Cl)ccc2N2CCN(C(=O)CC(C)C)CC2)cc1. The van der Waals surface area contributed by atoms with Gasteiger partial charge in [-0.3, -0.25) is 14.9 Å². The Morgan fingerprint density at radius 2 is 1.72 bits per heavy atom. The average molecular weight is 473 g/mol. The van der Waals surface area contributed by atoms with Crippen molar-refractivity contribution >= 4 is 52.1 Å². The van der Waals surface area contributed by atoms with Crippen LogP contribution >= 0.6 is 23.8 Å². The maximum absolute atomic E-state index is 12.5. The summed E-state index contributed by atoms with van der Waals surface area (Å²) < 4.78 is 0. The van der Waals surface area contributed by atoms with Crippen LogP contribution in [0.4, 0.5) is 11.4 Å². The summed E-state index contributed by atoms with van der Waals surface area (Å²) in [5, 5.41) is 6.60. The molecule has 3 rings (SSSR count). The molecule has 2 amide bonds. The van der Waals surface area contributed by atoms with Gasteiger partial charge in [-0.05, 0) is 55.4 Å². The number of thiocarbonyl (C=S) groups is 1. The largest absolute Gasteiger partial charge is 0.366 e. The fourth-order valence-electron chi connectivity index (χ4n) is 3.59. The molecule has 1 aliphatic rings. The number of aryl methyl sites for hydroxylation is 1. The number of nitrogens with one attached hydrogen (secondary N) is 2. The minimum Gasteiger partial charge on any atom is -0.366 e. The maximum Gasteiger partial charge on any atom is 0.257 e. The quantitative estimate of drug-likeness (QED) is 0.628. The first-order valence-electron chi connectivity index (χ1n) is 10.7. The third-order valence-corrected chi connectivity index (χ3v) is 5.74. The Hall–Kier alpha value is -2.64. The molecule has 0 aromatic heterocycles. The second-order valence-electron chi connectivity index (χ2n) is 8.40. The van der Waals surface area contributed by atoms with E-state index in [1.54, 1.807) is 18.2 Å². The van der Waals surface area contributed by atoms with Gasteiger partial charge in [0.15, 0.2) is 5.11 Å². The molecule has 0 bridgehead atoms. The topological polar surface area (TPSA) is 64.7 Å². The number of anilines is 2. The van der Waals surface area contributed by atoms with Crippen molar-refractivity contribution in [3.05, 3.63) is 58.6 Å². The van der Waals surface area contributed by atoms with Gasteiger partial charge in [-0.2, -0.15) is 0 Å². The summed E-state index contributed by atoms with van der Waals surface area (Å²) in [4.78, 5) is 29.0. The summed E-state index contributed by atoms with van der Waals surface area (Å²) in [5.74, 6) is 0.279. The second kappa shape index (κ2) is 10.8. The zero-order valence-corrected chi connectivity index (χ0v) is 20.2. The van der Waals surface area contributed by atoms with Gasteiger partial charge in [-0.25, -0.2) is 0 Å². The Labute approximate surface area is 199 Å². The fraction of sp³-hybridized carbons (Fsp3) is 0.375. The second-order valence-corrected chi connectivity index (χ2v) is 9.25. The van der Waals surface area contributed by atoms with Gasteiger partial charge >= 0.3 is 0 Å². The molecule has 1 heterocycles. The van der Waals surface area contributed by atoms with Gasteiger partial charge in [0.2, 0.25) is 5.91 Å². The first-order chi connectivity index (χ1) is 15.2. The normalized spacial score (nSPS) is 13.8. The van der Waals surface area contributed by atoms with Gasteiger partial charge < -0.3 is 15.1 Å². The monoisotopic (exact) mass is 472 g/mol. The van der Waals surface area contributed by atoms with E-state index < -0.39 is 0 Å². The molecule has 0 aliphatic carbocycles. The summed E-state index contributed by atoms with van der Waals surface area (Å²) in [6, 6.07) is 12.8. The third kappa shape index (κ3) is 6.43. The Morgan fingerprint density at radius 1 is 1.06 bits per heavy atom. The lowest BCUT2D eigenvalue weighted by Crippen LogP contribution is -2.49. The lowest BCUT2D eigenvalue weighted by Gasteiger charge is -2.37. The van der Waals surface area contributed by atoms with Crippen LogP contribution in [0.5, 0.6) is 0 Å². The molecule has 1 saturated heterocycles. The minimum absolute atomic E-state index is 0.199. The van der Waals surface area contributed by atoms with Gasteiger partial charge in [0, 0.05) is 43.2 Å². The van der Waals surface area contributed by atoms with E-state index >= 15 is 0 Å². The van der Waals surface area contributed by atoms with Crippen LogP contribution in [-0.4, -0.2) is 48.0 Å². The molecule has 170 valence electrons. The van der Waals surface area contributed by atoms with Crippen molar-refractivity contribution < 1.29 is 9.59 Å². The predicted molar refractivity (Wildman–Crippen MR) is 135 cm³/mol. The zero-order chi connectivity index (χ0) is 23.3. The van der Waals surface area contributed by atoms with Crippen LogP contribution in [-0.2, 0) is 4.79 Å². The summed E-state index contributed by atoms with van der Waals surface area (Å²) in [7, 11) is 0. The molecule has 0 atom stereocenters. The van der Waals surface area contributed by atoms with Crippen molar-refractivity contribution in [2.75, 3.05) is 36.4 Å². The first kappa shape index (κ1) is 24.0. The fourth-order valence-corrected chi connectivity index (χ4v) is 3.97. The van der Waals surface area contributed by atoms with Gasteiger partial charge in [-0.1, -0.05) is 43.1 Å². The van der Waals surface area contributed by atoms with E-state index in [9.17, 15) is 9.59 Å². The van der Waals surface area contributed by atoms with Crippen LogP contribution in [0, 0.1) is 12.8 Å². The minimum atomic E-state index is -0.275. The van der Waals surface area contributed by atoms with Crippen LogP contribution in [0.1, 0.15) is 36.2 Å². The van der Waals surface area contributed by atoms with Crippen LogP contribution in [0.3, 0.4) is 0 Å². The van der Waals surface area contributed by atoms with Crippen molar-refractivity contribution in [2.24, 2.45) is 5.92 Å². The lowest BCUT2D eigenvalue weighted by atomic mass is 10.1. The molecule has 0 saturated carbocycles. The molecule has 8 heteroatoms. The van der Waals surface area contributed by atoms with Gasteiger partial charge in [0.1, 0.15) is 0 Å². The van der Waals surface area contributed by atoms with Crippen LogP contribution < -0.4 is 15.5 Å². The van der Waals surface area contributed by atoms with E-state index in [1.165, 1.54) is 0 Å².